The molecule has 1 heterocycles. The number of aromatic nitrogens is 2. The fourth-order valence-corrected chi connectivity index (χ4v) is 1.11. The Kier molecular flexibility index (Phi) is 2.53. The minimum Gasteiger partial charge on any atom is -0.504 e. The van der Waals surface area contributed by atoms with Crippen LogP contribution in [0.15, 0.2) is 28.7 Å². The largest absolute Gasteiger partial charge is 0.504 e. The molecule has 2 aromatic rings. The molecule has 15 heavy (non-hydrogen) atoms. The van der Waals surface area contributed by atoms with Crippen molar-refractivity contribution in [1.29, 1.82) is 0 Å². The van der Waals surface area contributed by atoms with Crippen molar-refractivity contribution < 1.29 is 14.3 Å². The van der Waals surface area contributed by atoms with Crippen molar-refractivity contribution in [3.63, 3.8) is 0 Å². The molecule has 0 unspecified atom stereocenters. The summed E-state index contributed by atoms with van der Waals surface area (Å²) in [5, 5.41) is 16.8. The fraction of sp³-hybridized carbons (Fsp3) is 0.200. The molecular weight excluding hydrogens is 196 g/mol. The zero-order chi connectivity index (χ0) is 10.7. The van der Waals surface area contributed by atoms with E-state index in [9.17, 15) is 5.11 Å². The number of benzene rings is 1. The third-order valence-electron chi connectivity index (χ3n) is 1.78. The van der Waals surface area contributed by atoms with Crippen LogP contribution in [0.3, 0.4) is 0 Å². The van der Waals surface area contributed by atoms with Gasteiger partial charge in [-0.3, -0.25) is 0 Å². The van der Waals surface area contributed by atoms with Crippen LogP contribution >= 0.6 is 0 Å². The van der Waals surface area contributed by atoms with Gasteiger partial charge in [-0.05, 0) is 12.1 Å². The van der Waals surface area contributed by atoms with E-state index >= 15 is 0 Å². The van der Waals surface area contributed by atoms with Crippen LogP contribution in [0.5, 0.6) is 11.5 Å². The van der Waals surface area contributed by atoms with Crippen molar-refractivity contribution in [2.45, 2.75) is 13.5 Å². The molecule has 5 heteroatoms. The summed E-state index contributed by atoms with van der Waals surface area (Å²) in [7, 11) is 0. The van der Waals surface area contributed by atoms with E-state index in [-0.39, 0.29) is 12.4 Å². The summed E-state index contributed by atoms with van der Waals surface area (Å²) >= 11 is 0. The Balaban J connectivity index is 2.02. The van der Waals surface area contributed by atoms with Crippen molar-refractivity contribution in [2.75, 3.05) is 0 Å². The highest BCUT2D eigenvalue weighted by atomic mass is 16.5. The zero-order valence-corrected chi connectivity index (χ0v) is 8.17. The van der Waals surface area contributed by atoms with Crippen molar-refractivity contribution in [3.05, 3.63) is 36.0 Å². The van der Waals surface area contributed by atoms with Crippen LogP contribution in [-0.2, 0) is 6.61 Å². The first-order valence-electron chi connectivity index (χ1n) is 4.45. The van der Waals surface area contributed by atoms with E-state index in [0.29, 0.717) is 17.5 Å². The summed E-state index contributed by atoms with van der Waals surface area (Å²) in [6.45, 7) is 1.86. The second kappa shape index (κ2) is 4.00. The molecule has 0 aliphatic rings. The van der Waals surface area contributed by atoms with Crippen molar-refractivity contribution in [3.8, 4) is 11.5 Å². The Morgan fingerprint density at radius 3 is 2.80 bits per heavy atom. The Morgan fingerprint density at radius 1 is 1.33 bits per heavy atom. The molecule has 0 fully saturated rings. The summed E-state index contributed by atoms with van der Waals surface area (Å²) < 4.78 is 10.4. The first-order chi connectivity index (χ1) is 7.25. The van der Waals surface area contributed by atoms with Crippen LogP contribution in [-0.4, -0.2) is 15.3 Å². The molecule has 0 aliphatic heterocycles. The van der Waals surface area contributed by atoms with Gasteiger partial charge in [-0.25, -0.2) is 0 Å². The monoisotopic (exact) mass is 206 g/mol. The number of ether oxygens (including phenoxy) is 1. The van der Waals surface area contributed by atoms with Gasteiger partial charge < -0.3 is 14.3 Å². The van der Waals surface area contributed by atoms with Gasteiger partial charge >= 0.3 is 0 Å². The number of aryl methyl sites for hydroxylation is 1. The van der Waals surface area contributed by atoms with Crippen LogP contribution in [0, 0.1) is 6.92 Å². The maximum atomic E-state index is 9.40. The quantitative estimate of drug-likeness (QED) is 0.827. The lowest BCUT2D eigenvalue weighted by Gasteiger charge is -2.04. The van der Waals surface area contributed by atoms with Gasteiger partial charge in [-0.2, -0.15) is 0 Å². The average molecular weight is 206 g/mol. The molecule has 0 amide bonds. The van der Waals surface area contributed by atoms with Gasteiger partial charge in [0.2, 0.25) is 5.89 Å². The number of para-hydroxylation sites is 2. The summed E-state index contributed by atoms with van der Waals surface area (Å²) in [4.78, 5) is 0. The number of aromatic hydroxyl groups is 1. The summed E-state index contributed by atoms with van der Waals surface area (Å²) in [5.41, 5.74) is 0. The number of hydrogen-bond acceptors (Lipinski definition) is 5. The standard InChI is InChI=1S/C10H10N2O3/c1-7-11-12-10(15-7)6-14-9-5-3-2-4-8(9)13/h2-5,13H,6H2,1H3. The molecule has 0 aliphatic carbocycles. The van der Waals surface area contributed by atoms with Gasteiger partial charge in [-0.1, -0.05) is 12.1 Å². The molecule has 0 bridgehead atoms. The fourth-order valence-electron chi connectivity index (χ4n) is 1.11. The summed E-state index contributed by atoms with van der Waals surface area (Å²) in [5.74, 6) is 1.36. The SMILES string of the molecule is Cc1nnc(COc2ccccc2O)o1. The van der Waals surface area contributed by atoms with Crippen LogP contribution in [0.25, 0.3) is 0 Å². The van der Waals surface area contributed by atoms with E-state index in [4.69, 9.17) is 9.15 Å². The van der Waals surface area contributed by atoms with Crippen molar-refractivity contribution in [2.24, 2.45) is 0 Å². The van der Waals surface area contributed by atoms with E-state index in [1.54, 1.807) is 31.2 Å². The van der Waals surface area contributed by atoms with Gasteiger partial charge in [0.1, 0.15) is 0 Å². The third-order valence-corrected chi connectivity index (χ3v) is 1.78. The van der Waals surface area contributed by atoms with Gasteiger partial charge in [0.05, 0.1) is 0 Å². The molecule has 0 saturated carbocycles. The third kappa shape index (κ3) is 2.25. The normalized spacial score (nSPS) is 10.2. The zero-order valence-electron chi connectivity index (χ0n) is 8.17. The van der Waals surface area contributed by atoms with Crippen LogP contribution in [0.1, 0.15) is 11.8 Å². The molecule has 1 aromatic carbocycles. The Hall–Kier alpha value is -2.04. The molecule has 0 atom stereocenters. The highest BCUT2D eigenvalue weighted by Crippen LogP contribution is 2.24. The number of phenolic OH excluding ortho intramolecular Hbond substituents is 1. The maximum absolute atomic E-state index is 9.40. The number of nitrogens with zero attached hydrogens (tertiary/aromatic N) is 2. The topological polar surface area (TPSA) is 68.4 Å². The predicted molar refractivity (Wildman–Crippen MR) is 51.5 cm³/mol. The van der Waals surface area contributed by atoms with Crippen molar-refractivity contribution >= 4 is 0 Å². The lowest BCUT2D eigenvalue weighted by atomic mass is 10.3. The highest BCUT2D eigenvalue weighted by molar-refractivity contribution is 5.37. The van der Waals surface area contributed by atoms with E-state index in [1.165, 1.54) is 0 Å². The summed E-state index contributed by atoms with van der Waals surface area (Å²) in [6, 6.07) is 6.71. The minimum absolute atomic E-state index is 0.0914. The van der Waals surface area contributed by atoms with Crippen LogP contribution < -0.4 is 4.74 Å². The smallest absolute Gasteiger partial charge is 0.253 e. The number of rotatable bonds is 3. The van der Waals surface area contributed by atoms with Crippen LogP contribution in [0.2, 0.25) is 0 Å². The molecule has 1 aromatic heterocycles. The first kappa shape index (κ1) is 9.51. The van der Waals surface area contributed by atoms with E-state index in [2.05, 4.69) is 10.2 Å². The van der Waals surface area contributed by atoms with E-state index in [1.807, 2.05) is 0 Å². The molecule has 78 valence electrons. The van der Waals surface area contributed by atoms with Crippen molar-refractivity contribution in [1.82, 2.24) is 10.2 Å². The molecule has 5 nitrogen and oxygen atoms in total. The minimum atomic E-state index is 0.0914. The lowest BCUT2D eigenvalue weighted by molar-refractivity contribution is 0.250. The van der Waals surface area contributed by atoms with E-state index < -0.39 is 0 Å². The Labute approximate surface area is 86.3 Å². The Bertz CT molecular complexity index is 453. The summed E-state index contributed by atoms with van der Waals surface area (Å²) in [6.07, 6.45) is 0. The van der Waals surface area contributed by atoms with Gasteiger partial charge in [0.25, 0.3) is 5.89 Å². The van der Waals surface area contributed by atoms with Gasteiger partial charge in [0.15, 0.2) is 18.1 Å². The van der Waals surface area contributed by atoms with Gasteiger partial charge in [-0.15, -0.1) is 10.2 Å². The van der Waals surface area contributed by atoms with Gasteiger partial charge in [0, 0.05) is 6.92 Å². The molecule has 1 N–H and O–H groups in total. The molecular formula is C10H10N2O3. The first-order valence-corrected chi connectivity index (χ1v) is 4.45. The average Bonchev–Trinajstić information content (AvgIpc) is 2.63. The highest BCUT2D eigenvalue weighted by Gasteiger charge is 2.05. The predicted octanol–water partition coefficient (Wildman–Crippen LogP) is 1.66. The molecule has 0 saturated heterocycles. The van der Waals surface area contributed by atoms with Crippen LogP contribution in [0.4, 0.5) is 0 Å². The molecule has 0 radical (unpaired) electrons. The number of phenols is 1. The Morgan fingerprint density at radius 2 is 2.13 bits per heavy atom. The molecule has 2 rings (SSSR count). The maximum Gasteiger partial charge on any atom is 0.253 e. The molecule has 0 spiro atoms. The lowest BCUT2D eigenvalue weighted by Crippen LogP contribution is -1.95. The number of hydrogen-bond donors (Lipinski definition) is 1. The second-order valence-electron chi connectivity index (χ2n) is 2.97. The second-order valence-corrected chi connectivity index (χ2v) is 2.97. The van der Waals surface area contributed by atoms with E-state index in [0.717, 1.165) is 0 Å².